The summed E-state index contributed by atoms with van der Waals surface area (Å²) in [6.07, 6.45) is 3.54. The molecule has 0 fully saturated rings. The molecule has 5 heteroatoms. The number of rotatable bonds is 5. The zero-order chi connectivity index (χ0) is 14.5. The van der Waals surface area contributed by atoms with Gasteiger partial charge in [0, 0.05) is 24.0 Å². The van der Waals surface area contributed by atoms with E-state index in [0.29, 0.717) is 10.8 Å². The average Bonchev–Trinajstić information content (AvgIpc) is 2.47. The summed E-state index contributed by atoms with van der Waals surface area (Å²) in [5, 5.41) is 3.97. The van der Waals surface area contributed by atoms with Gasteiger partial charge in [0.2, 0.25) is 0 Å². The summed E-state index contributed by atoms with van der Waals surface area (Å²) in [7, 11) is 0. The van der Waals surface area contributed by atoms with Crippen molar-refractivity contribution in [3.8, 4) is 11.5 Å². The molecule has 2 aromatic heterocycles. The fraction of sp³-hybridized carbons (Fsp3) is 0.400. The third kappa shape index (κ3) is 3.25. The molecule has 0 aliphatic carbocycles. The van der Waals surface area contributed by atoms with Crippen LogP contribution in [0.25, 0.3) is 11.5 Å². The van der Waals surface area contributed by atoms with Gasteiger partial charge in [0.15, 0.2) is 5.82 Å². The first kappa shape index (κ1) is 14.7. The third-order valence-electron chi connectivity index (χ3n) is 3.08. The Morgan fingerprint density at radius 1 is 1.20 bits per heavy atom. The van der Waals surface area contributed by atoms with E-state index in [9.17, 15) is 0 Å². The van der Waals surface area contributed by atoms with Crippen molar-refractivity contribution in [2.75, 3.05) is 11.9 Å². The zero-order valence-electron chi connectivity index (χ0n) is 12.1. The topological polar surface area (TPSA) is 50.7 Å². The molecule has 0 aliphatic heterocycles. The number of aryl methyl sites for hydroxylation is 1. The molecule has 2 heterocycles. The van der Waals surface area contributed by atoms with E-state index in [-0.39, 0.29) is 0 Å². The molecule has 0 saturated carbocycles. The second kappa shape index (κ2) is 6.66. The molecule has 0 atom stereocenters. The Balaban J connectivity index is 2.44. The van der Waals surface area contributed by atoms with Crippen LogP contribution < -0.4 is 5.32 Å². The van der Waals surface area contributed by atoms with Crippen molar-refractivity contribution in [2.24, 2.45) is 0 Å². The van der Waals surface area contributed by atoms with E-state index in [0.717, 1.165) is 42.2 Å². The maximum atomic E-state index is 5.87. The van der Waals surface area contributed by atoms with Crippen LogP contribution in [0.2, 0.25) is 5.02 Å². The second-order valence-corrected chi connectivity index (χ2v) is 5.05. The molecule has 4 nitrogen and oxygen atoms in total. The van der Waals surface area contributed by atoms with Crippen molar-refractivity contribution in [1.29, 1.82) is 0 Å². The van der Waals surface area contributed by atoms with Gasteiger partial charge in [-0.3, -0.25) is 4.98 Å². The van der Waals surface area contributed by atoms with Gasteiger partial charge in [0.25, 0.3) is 0 Å². The smallest absolute Gasteiger partial charge is 0.180 e. The quantitative estimate of drug-likeness (QED) is 0.908. The van der Waals surface area contributed by atoms with E-state index >= 15 is 0 Å². The predicted molar refractivity (Wildman–Crippen MR) is 83.2 cm³/mol. The minimum Gasteiger partial charge on any atom is -0.370 e. The summed E-state index contributed by atoms with van der Waals surface area (Å²) in [6, 6.07) is 3.65. The van der Waals surface area contributed by atoms with Crippen LogP contribution in [-0.2, 0) is 6.42 Å². The number of nitrogens with zero attached hydrogens (tertiary/aromatic N) is 3. The van der Waals surface area contributed by atoms with Gasteiger partial charge < -0.3 is 5.32 Å². The van der Waals surface area contributed by atoms with Gasteiger partial charge in [-0.05, 0) is 31.9 Å². The molecule has 0 saturated heterocycles. The minimum atomic E-state index is 0.612. The SMILES string of the molecule is CCCNc1nc(-c2ccc(Cl)cn2)nc(CC)c1C. The fourth-order valence-electron chi connectivity index (χ4n) is 1.95. The minimum absolute atomic E-state index is 0.612. The van der Waals surface area contributed by atoms with Crippen LogP contribution in [0, 0.1) is 6.92 Å². The van der Waals surface area contributed by atoms with E-state index in [2.05, 4.69) is 41.0 Å². The summed E-state index contributed by atoms with van der Waals surface area (Å²) in [4.78, 5) is 13.5. The molecule has 20 heavy (non-hydrogen) atoms. The second-order valence-electron chi connectivity index (χ2n) is 4.61. The molecule has 0 aromatic carbocycles. The van der Waals surface area contributed by atoms with E-state index in [1.54, 1.807) is 12.3 Å². The van der Waals surface area contributed by atoms with Gasteiger partial charge in [0.1, 0.15) is 11.5 Å². The van der Waals surface area contributed by atoms with Crippen LogP contribution in [0.1, 0.15) is 31.5 Å². The number of aromatic nitrogens is 3. The van der Waals surface area contributed by atoms with Crippen molar-refractivity contribution in [3.63, 3.8) is 0 Å². The summed E-state index contributed by atoms with van der Waals surface area (Å²) >= 11 is 5.87. The molecular formula is C15H19ClN4. The van der Waals surface area contributed by atoms with E-state index < -0.39 is 0 Å². The molecule has 106 valence electrons. The number of pyridine rings is 1. The molecule has 2 aromatic rings. The normalized spacial score (nSPS) is 10.6. The first-order valence-corrected chi connectivity index (χ1v) is 7.26. The lowest BCUT2D eigenvalue weighted by atomic mass is 10.2. The highest BCUT2D eigenvalue weighted by atomic mass is 35.5. The third-order valence-corrected chi connectivity index (χ3v) is 3.30. The number of hydrogen-bond acceptors (Lipinski definition) is 4. The first-order valence-electron chi connectivity index (χ1n) is 6.89. The van der Waals surface area contributed by atoms with Crippen LogP contribution in [0.4, 0.5) is 5.82 Å². The molecule has 0 radical (unpaired) electrons. The average molecular weight is 291 g/mol. The lowest BCUT2D eigenvalue weighted by Crippen LogP contribution is -2.09. The largest absolute Gasteiger partial charge is 0.370 e. The monoisotopic (exact) mass is 290 g/mol. The number of halogens is 1. The van der Waals surface area contributed by atoms with E-state index in [1.165, 1.54) is 0 Å². The van der Waals surface area contributed by atoms with Crippen LogP contribution in [0.5, 0.6) is 0 Å². The maximum absolute atomic E-state index is 5.87. The standard InChI is InChI=1S/C15H19ClN4/c1-4-8-17-14-10(3)12(5-2)19-15(20-14)13-7-6-11(16)9-18-13/h6-7,9H,4-5,8H2,1-3H3,(H,17,19,20). The molecule has 2 rings (SSSR count). The van der Waals surface area contributed by atoms with Crippen molar-refractivity contribution >= 4 is 17.4 Å². The summed E-state index contributed by atoms with van der Waals surface area (Å²) in [6.45, 7) is 7.17. The van der Waals surface area contributed by atoms with Crippen LogP contribution in [-0.4, -0.2) is 21.5 Å². The Kier molecular flexibility index (Phi) is 4.90. The van der Waals surface area contributed by atoms with Gasteiger partial charge in [-0.1, -0.05) is 25.4 Å². The van der Waals surface area contributed by atoms with Crippen LogP contribution in [0.15, 0.2) is 18.3 Å². The highest BCUT2D eigenvalue weighted by Gasteiger charge is 2.11. The molecule has 0 unspecified atom stereocenters. The van der Waals surface area contributed by atoms with Crippen LogP contribution in [0.3, 0.4) is 0 Å². The van der Waals surface area contributed by atoms with E-state index in [4.69, 9.17) is 11.6 Å². The van der Waals surface area contributed by atoms with Crippen molar-refractivity contribution < 1.29 is 0 Å². The highest BCUT2D eigenvalue weighted by molar-refractivity contribution is 6.30. The number of nitrogens with one attached hydrogen (secondary N) is 1. The molecule has 0 amide bonds. The molecule has 1 N–H and O–H groups in total. The molecule has 0 spiro atoms. The summed E-state index contributed by atoms with van der Waals surface area (Å²) in [5.74, 6) is 1.54. The predicted octanol–water partition coefficient (Wildman–Crippen LogP) is 3.88. The van der Waals surface area contributed by atoms with E-state index in [1.807, 2.05) is 6.07 Å². The van der Waals surface area contributed by atoms with Gasteiger partial charge in [-0.2, -0.15) is 0 Å². The lowest BCUT2D eigenvalue weighted by molar-refractivity contribution is 0.933. The zero-order valence-corrected chi connectivity index (χ0v) is 12.8. The Labute approximate surface area is 124 Å². The highest BCUT2D eigenvalue weighted by Crippen LogP contribution is 2.22. The van der Waals surface area contributed by atoms with Gasteiger partial charge in [-0.25, -0.2) is 9.97 Å². The molecule has 0 aliphatic rings. The Hall–Kier alpha value is -1.68. The van der Waals surface area contributed by atoms with Gasteiger partial charge in [0.05, 0.1) is 5.02 Å². The Bertz CT molecular complexity index is 581. The first-order chi connectivity index (χ1) is 9.65. The summed E-state index contributed by atoms with van der Waals surface area (Å²) < 4.78 is 0. The van der Waals surface area contributed by atoms with Crippen molar-refractivity contribution in [1.82, 2.24) is 15.0 Å². The van der Waals surface area contributed by atoms with Gasteiger partial charge >= 0.3 is 0 Å². The Morgan fingerprint density at radius 2 is 2.00 bits per heavy atom. The van der Waals surface area contributed by atoms with Crippen LogP contribution >= 0.6 is 11.6 Å². The fourth-order valence-corrected chi connectivity index (χ4v) is 2.06. The lowest BCUT2D eigenvalue weighted by Gasteiger charge is -2.12. The number of hydrogen-bond donors (Lipinski definition) is 1. The Morgan fingerprint density at radius 3 is 2.60 bits per heavy atom. The van der Waals surface area contributed by atoms with Crippen molar-refractivity contribution in [3.05, 3.63) is 34.6 Å². The summed E-state index contributed by atoms with van der Waals surface area (Å²) in [5.41, 5.74) is 2.90. The van der Waals surface area contributed by atoms with Gasteiger partial charge in [-0.15, -0.1) is 0 Å². The van der Waals surface area contributed by atoms with Crippen molar-refractivity contribution in [2.45, 2.75) is 33.6 Å². The number of anilines is 1. The molecular weight excluding hydrogens is 272 g/mol. The molecule has 0 bridgehead atoms. The maximum Gasteiger partial charge on any atom is 0.180 e.